The molecule has 0 aliphatic carbocycles. The molecule has 0 fully saturated rings. The third kappa shape index (κ3) is 4.55. The maximum Gasteiger partial charge on any atom is 0.222 e. The van der Waals surface area contributed by atoms with Gasteiger partial charge in [-0.2, -0.15) is 0 Å². The van der Waals surface area contributed by atoms with E-state index in [4.69, 9.17) is 0 Å². The van der Waals surface area contributed by atoms with Gasteiger partial charge in [-0.15, -0.1) is 0 Å². The smallest absolute Gasteiger partial charge is 0.222 e. The number of carbonyl (C=O) groups is 1. The molecule has 2 aromatic carbocycles. The van der Waals surface area contributed by atoms with E-state index in [0.29, 0.717) is 5.82 Å². The van der Waals surface area contributed by atoms with Crippen LogP contribution in [0.25, 0.3) is 33.1 Å². The van der Waals surface area contributed by atoms with Crippen LogP contribution in [0.4, 0.5) is 11.5 Å². The summed E-state index contributed by atoms with van der Waals surface area (Å²) in [6, 6.07) is 20.1. The van der Waals surface area contributed by atoms with E-state index in [-0.39, 0.29) is 11.9 Å². The minimum absolute atomic E-state index is 0.162. The number of nitrogens with one attached hydrogen (secondary N) is 2. The van der Waals surface area contributed by atoms with E-state index in [9.17, 15) is 4.79 Å². The number of amides is 1. The lowest BCUT2D eigenvalue weighted by Crippen LogP contribution is -2.14. The molecular formula is C30H25N7O. The Hall–Kier alpha value is -5.11. The molecule has 6 rings (SSSR count). The van der Waals surface area contributed by atoms with Gasteiger partial charge in [0, 0.05) is 67.9 Å². The number of aryl methyl sites for hydroxylation is 1. The summed E-state index contributed by atoms with van der Waals surface area (Å²) in [5.74, 6) is 0.344. The number of anilines is 2. The molecule has 1 unspecified atom stereocenters. The second-order valence-corrected chi connectivity index (χ2v) is 9.17. The van der Waals surface area contributed by atoms with Gasteiger partial charge in [-0.3, -0.25) is 19.7 Å². The zero-order valence-corrected chi connectivity index (χ0v) is 21.0. The van der Waals surface area contributed by atoms with Gasteiger partial charge in [-0.25, -0.2) is 4.98 Å². The molecule has 0 saturated carbocycles. The van der Waals surface area contributed by atoms with Crippen LogP contribution in [0.5, 0.6) is 0 Å². The first kappa shape index (κ1) is 23.3. The number of nitrogens with zero attached hydrogens (tertiary/aromatic N) is 5. The lowest BCUT2D eigenvalue weighted by atomic mass is 9.99. The van der Waals surface area contributed by atoms with Gasteiger partial charge in [-0.05, 0) is 58.5 Å². The molecule has 1 amide bonds. The Morgan fingerprint density at radius 2 is 1.76 bits per heavy atom. The highest BCUT2D eigenvalue weighted by atomic mass is 16.1. The molecule has 6 aromatic rings. The Morgan fingerprint density at radius 1 is 0.895 bits per heavy atom. The fourth-order valence-corrected chi connectivity index (χ4v) is 4.71. The van der Waals surface area contributed by atoms with Crippen molar-refractivity contribution in [2.24, 2.45) is 7.05 Å². The highest BCUT2D eigenvalue weighted by molar-refractivity contribution is 5.97. The van der Waals surface area contributed by atoms with Crippen molar-refractivity contribution in [3.05, 3.63) is 109 Å². The number of hydrogen-bond donors (Lipinski definition) is 2. The van der Waals surface area contributed by atoms with Gasteiger partial charge in [-0.1, -0.05) is 24.3 Å². The number of aromatic nitrogens is 5. The Morgan fingerprint density at radius 3 is 2.55 bits per heavy atom. The molecule has 8 heteroatoms. The summed E-state index contributed by atoms with van der Waals surface area (Å²) < 4.78 is 2.12. The summed E-state index contributed by atoms with van der Waals surface area (Å²) >= 11 is 0. The molecule has 0 aliphatic heterocycles. The number of benzene rings is 2. The lowest BCUT2D eigenvalue weighted by molar-refractivity contribution is -0.114. The molecular weight excluding hydrogens is 474 g/mol. The molecule has 2 N–H and O–H groups in total. The maximum absolute atomic E-state index is 11.4. The third-order valence-electron chi connectivity index (χ3n) is 6.53. The molecule has 1 atom stereocenters. The third-order valence-corrected chi connectivity index (χ3v) is 6.53. The summed E-state index contributed by atoms with van der Waals surface area (Å²) in [6.07, 6.45) is 10.8. The largest absolute Gasteiger partial charge is 0.374 e. The standard InChI is InChI=1S/C30H25N7O/c1-19(38)35-28-8-7-23(18-34-28)29(22-4-3-10-31-17-22)36-24-15-25(30-26(16-24)32-11-12-33-30)21-6-5-20-9-13-37(2)27(20)14-21/h3-18,29,36H,1-2H3,(H,34,35,38). The number of rotatable bonds is 6. The normalized spacial score (nSPS) is 11.9. The Labute approximate surface area is 219 Å². The highest BCUT2D eigenvalue weighted by Gasteiger charge is 2.18. The van der Waals surface area contributed by atoms with Crippen LogP contribution in [-0.2, 0) is 11.8 Å². The predicted octanol–water partition coefficient (Wildman–Crippen LogP) is 5.74. The minimum atomic E-state index is -0.236. The van der Waals surface area contributed by atoms with Gasteiger partial charge < -0.3 is 15.2 Å². The van der Waals surface area contributed by atoms with Crippen molar-refractivity contribution in [2.75, 3.05) is 10.6 Å². The topological polar surface area (TPSA) is 97.6 Å². The van der Waals surface area contributed by atoms with Crippen molar-refractivity contribution in [3.63, 3.8) is 0 Å². The number of carbonyl (C=O) groups excluding carboxylic acids is 1. The van der Waals surface area contributed by atoms with E-state index >= 15 is 0 Å². The molecule has 0 bridgehead atoms. The minimum Gasteiger partial charge on any atom is -0.374 e. The molecule has 38 heavy (non-hydrogen) atoms. The quantitative estimate of drug-likeness (QED) is 0.303. The van der Waals surface area contributed by atoms with Crippen molar-refractivity contribution >= 4 is 39.3 Å². The SMILES string of the molecule is CC(=O)Nc1ccc(C(Nc2cc(-c3ccc4ccn(C)c4c3)c3nccnc3c2)c2cccnc2)cn1. The van der Waals surface area contributed by atoms with E-state index < -0.39 is 0 Å². The van der Waals surface area contributed by atoms with Gasteiger partial charge in [0.2, 0.25) is 5.91 Å². The first-order chi connectivity index (χ1) is 18.5. The Bertz CT molecular complexity index is 1760. The van der Waals surface area contributed by atoms with E-state index in [1.54, 1.807) is 30.9 Å². The van der Waals surface area contributed by atoms with E-state index in [1.165, 1.54) is 12.3 Å². The molecule has 0 aliphatic rings. The highest BCUT2D eigenvalue weighted by Crippen LogP contribution is 2.34. The van der Waals surface area contributed by atoms with Crippen molar-refractivity contribution < 1.29 is 4.79 Å². The molecule has 4 heterocycles. The van der Waals surface area contributed by atoms with Crippen LogP contribution in [0.3, 0.4) is 0 Å². The summed E-state index contributed by atoms with van der Waals surface area (Å²) in [6.45, 7) is 1.46. The summed E-state index contributed by atoms with van der Waals surface area (Å²) in [7, 11) is 2.05. The molecule has 0 radical (unpaired) electrons. The van der Waals surface area contributed by atoms with Crippen LogP contribution in [0, 0.1) is 0 Å². The predicted molar refractivity (Wildman–Crippen MR) is 150 cm³/mol. The molecule has 4 aromatic heterocycles. The van der Waals surface area contributed by atoms with Crippen molar-refractivity contribution in [2.45, 2.75) is 13.0 Å². The van der Waals surface area contributed by atoms with Crippen molar-refractivity contribution in [1.29, 1.82) is 0 Å². The van der Waals surface area contributed by atoms with Crippen LogP contribution in [0.15, 0.2) is 97.8 Å². The fourth-order valence-electron chi connectivity index (χ4n) is 4.71. The van der Waals surface area contributed by atoms with Crippen LogP contribution in [-0.4, -0.2) is 30.4 Å². The summed E-state index contributed by atoms with van der Waals surface area (Å²) in [5, 5.41) is 7.59. The summed E-state index contributed by atoms with van der Waals surface area (Å²) in [5.41, 5.74) is 7.63. The average Bonchev–Trinajstić information content (AvgIpc) is 3.32. The fraction of sp³-hybridized carbons (Fsp3) is 0.100. The van der Waals surface area contributed by atoms with E-state index in [2.05, 4.69) is 71.7 Å². The van der Waals surface area contributed by atoms with Crippen LogP contribution < -0.4 is 10.6 Å². The number of hydrogen-bond acceptors (Lipinski definition) is 6. The first-order valence-electron chi connectivity index (χ1n) is 12.3. The first-order valence-corrected chi connectivity index (χ1v) is 12.3. The average molecular weight is 500 g/mol. The zero-order chi connectivity index (χ0) is 26.1. The van der Waals surface area contributed by atoms with E-state index in [0.717, 1.165) is 44.5 Å². The Balaban J connectivity index is 1.45. The van der Waals surface area contributed by atoms with Gasteiger partial charge in [0.25, 0.3) is 0 Å². The van der Waals surface area contributed by atoms with Crippen LogP contribution in [0.1, 0.15) is 24.1 Å². The van der Waals surface area contributed by atoms with Gasteiger partial charge >= 0.3 is 0 Å². The van der Waals surface area contributed by atoms with Gasteiger partial charge in [0.15, 0.2) is 0 Å². The molecule has 0 spiro atoms. The monoisotopic (exact) mass is 499 g/mol. The summed E-state index contributed by atoms with van der Waals surface area (Å²) in [4.78, 5) is 29.5. The Kier molecular flexibility index (Phi) is 5.97. The molecule has 186 valence electrons. The number of pyridine rings is 2. The second kappa shape index (κ2) is 9.74. The van der Waals surface area contributed by atoms with Gasteiger partial charge in [0.05, 0.1) is 17.1 Å². The molecule has 0 saturated heterocycles. The van der Waals surface area contributed by atoms with Crippen molar-refractivity contribution in [1.82, 2.24) is 24.5 Å². The zero-order valence-electron chi connectivity index (χ0n) is 21.0. The lowest BCUT2D eigenvalue weighted by Gasteiger charge is -2.22. The second-order valence-electron chi connectivity index (χ2n) is 9.17. The molecule has 8 nitrogen and oxygen atoms in total. The van der Waals surface area contributed by atoms with Crippen LogP contribution in [0.2, 0.25) is 0 Å². The van der Waals surface area contributed by atoms with Gasteiger partial charge in [0.1, 0.15) is 5.82 Å². The number of fused-ring (bicyclic) bond motifs is 2. The van der Waals surface area contributed by atoms with E-state index in [1.807, 2.05) is 37.5 Å². The maximum atomic E-state index is 11.4. The van der Waals surface area contributed by atoms with Crippen molar-refractivity contribution in [3.8, 4) is 11.1 Å². The van der Waals surface area contributed by atoms with Crippen LogP contribution >= 0.6 is 0 Å².